The molecule has 0 aliphatic rings. The fourth-order valence-corrected chi connectivity index (χ4v) is 1.92. The van der Waals surface area contributed by atoms with Gasteiger partial charge in [0.1, 0.15) is 5.82 Å². The van der Waals surface area contributed by atoms with E-state index in [1.807, 2.05) is 0 Å². The largest absolute Gasteiger partial charge is 0.398 e. The fraction of sp³-hybridized carbons (Fsp3) is 0.571. The number of rotatable bonds is 7. The van der Waals surface area contributed by atoms with Gasteiger partial charge in [-0.1, -0.05) is 19.9 Å². The fourth-order valence-electron chi connectivity index (χ4n) is 1.92. The van der Waals surface area contributed by atoms with Crippen molar-refractivity contribution in [2.24, 2.45) is 5.92 Å². The molecule has 0 spiro atoms. The molecule has 0 bridgehead atoms. The van der Waals surface area contributed by atoms with Crippen LogP contribution >= 0.6 is 0 Å². The SMILES string of the molecule is COCCN(Cc1ccc(F)cc1N)CC(C)C. The molecule has 1 rings (SSSR count). The Morgan fingerprint density at radius 2 is 2.11 bits per heavy atom. The molecule has 0 saturated heterocycles. The van der Waals surface area contributed by atoms with Crippen molar-refractivity contribution in [2.45, 2.75) is 20.4 Å². The lowest BCUT2D eigenvalue weighted by atomic mass is 10.1. The molecule has 1 aromatic rings. The van der Waals surface area contributed by atoms with Crippen LogP contribution in [-0.2, 0) is 11.3 Å². The van der Waals surface area contributed by atoms with Crippen molar-refractivity contribution in [3.63, 3.8) is 0 Å². The van der Waals surface area contributed by atoms with E-state index in [0.29, 0.717) is 18.2 Å². The van der Waals surface area contributed by atoms with Gasteiger partial charge in [0.05, 0.1) is 6.61 Å². The highest BCUT2D eigenvalue weighted by Crippen LogP contribution is 2.16. The molecule has 102 valence electrons. The smallest absolute Gasteiger partial charge is 0.125 e. The summed E-state index contributed by atoms with van der Waals surface area (Å²) < 4.78 is 18.1. The molecule has 0 atom stereocenters. The second-order valence-electron chi connectivity index (χ2n) is 4.96. The number of benzene rings is 1. The first-order valence-corrected chi connectivity index (χ1v) is 6.28. The molecule has 4 heteroatoms. The summed E-state index contributed by atoms with van der Waals surface area (Å²) in [5.41, 5.74) is 7.31. The third-order valence-corrected chi connectivity index (χ3v) is 2.74. The minimum atomic E-state index is -0.288. The zero-order valence-corrected chi connectivity index (χ0v) is 11.4. The Balaban J connectivity index is 2.68. The average molecular weight is 254 g/mol. The summed E-state index contributed by atoms with van der Waals surface area (Å²) in [4.78, 5) is 2.28. The summed E-state index contributed by atoms with van der Waals surface area (Å²) in [5, 5.41) is 0. The van der Waals surface area contributed by atoms with Crippen LogP contribution in [0.25, 0.3) is 0 Å². The number of hydrogen-bond donors (Lipinski definition) is 1. The lowest BCUT2D eigenvalue weighted by Gasteiger charge is -2.24. The van der Waals surface area contributed by atoms with Crippen molar-refractivity contribution in [2.75, 3.05) is 32.5 Å². The normalized spacial score (nSPS) is 11.4. The molecule has 2 N–H and O–H groups in total. The van der Waals surface area contributed by atoms with Crippen LogP contribution in [-0.4, -0.2) is 31.7 Å². The molecule has 0 aliphatic carbocycles. The van der Waals surface area contributed by atoms with Gasteiger partial charge in [0.2, 0.25) is 0 Å². The molecule has 0 unspecified atom stereocenters. The van der Waals surface area contributed by atoms with Gasteiger partial charge in [-0.25, -0.2) is 4.39 Å². The first-order chi connectivity index (χ1) is 8.52. The number of nitrogens with zero attached hydrogens (tertiary/aromatic N) is 1. The lowest BCUT2D eigenvalue weighted by molar-refractivity contribution is 0.136. The molecule has 1 aromatic carbocycles. The molecular weight excluding hydrogens is 231 g/mol. The van der Waals surface area contributed by atoms with Crippen LogP contribution in [0.4, 0.5) is 10.1 Å². The third kappa shape index (κ3) is 5.02. The zero-order chi connectivity index (χ0) is 13.5. The number of ether oxygens (including phenoxy) is 1. The zero-order valence-electron chi connectivity index (χ0n) is 11.4. The maximum Gasteiger partial charge on any atom is 0.125 e. The maximum atomic E-state index is 13.0. The Morgan fingerprint density at radius 3 is 2.67 bits per heavy atom. The monoisotopic (exact) mass is 254 g/mol. The molecule has 0 saturated carbocycles. The number of nitrogens with two attached hydrogens (primary N) is 1. The third-order valence-electron chi connectivity index (χ3n) is 2.74. The van der Waals surface area contributed by atoms with E-state index in [-0.39, 0.29) is 5.82 Å². The number of methoxy groups -OCH3 is 1. The molecule has 0 radical (unpaired) electrons. The van der Waals surface area contributed by atoms with Crippen LogP contribution in [0, 0.1) is 11.7 Å². The Hall–Kier alpha value is -1.13. The molecule has 0 aromatic heterocycles. The topological polar surface area (TPSA) is 38.5 Å². The van der Waals surface area contributed by atoms with E-state index in [0.717, 1.165) is 25.2 Å². The maximum absolute atomic E-state index is 13.0. The predicted octanol–water partition coefficient (Wildman–Crippen LogP) is 2.51. The van der Waals surface area contributed by atoms with Gasteiger partial charge in [-0.3, -0.25) is 4.90 Å². The number of anilines is 1. The first-order valence-electron chi connectivity index (χ1n) is 6.28. The molecule has 3 nitrogen and oxygen atoms in total. The van der Waals surface area contributed by atoms with Crippen molar-refractivity contribution in [3.05, 3.63) is 29.6 Å². The van der Waals surface area contributed by atoms with E-state index in [9.17, 15) is 4.39 Å². The van der Waals surface area contributed by atoms with Crippen LogP contribution in [0.3, 0.4) is 0 Å². The Labute approximate surface area is 109 Å². The summed E-state index contributed by atoms with van der Waals surface area (Å²) in [6.07, 6.45) is 0. The first kappa shape index (κ1) is 14.9. The van der Waals surface area contributed by atoms with Gasteiger partial charge in [0.15, 0.2) is 0 Å². The van der Waals surface area contributed by atoms with Crippen molar-refractivity contribution in [1.82, 2.24) is 4.90 Å². The Morgan fingerprint density at radius 1 is 1.39 bits per heavy atom. The van der Waals surface area contributed by atoms with Crippen LogP contribution in [0.15, 0.2) is 18.2 Å². The van der Waals surface area contributed by atoms with E-state index >= 15 is 0 Å². The molecule has 0 fully saturated rings. The predicted molar refractivity (Wildman–Crippen MR) is 72.8 cm³/mol. The lowest BCUT2D eigenvalue weighted by Crippen LogP contribution is -2.30. The van der Waals surface area contributed by atoms with E-state index < -0.39 is 0 Å². The van der Waals surface area contributed by atoms with Gasteiger partial charge in [-0.05, 0) is 23.6 Å². The number of halogens is 1. The molecule has 0 amide bonds. The summed E-state index contributed by atoms with van der Waals surface area (Å²) in [6, 6.07) is 4.58. The van der Waals surface area contributed by atoms with Crippen molar-refractivity contribution < 1.29 is 9.13 Å². The van der Waals surface area contributed by atoms with Gasteiger partial charge in [0.25, 0.3) is 0 Å². The molecule has 18 heavy (non-hydrogen) atoms. The second-order valence-corrected chi connectivity index (χ2v) is 4.96. The summed E-state index contributed by atoms with van der Waals surface area (Å²) >= 11 is 0. The summed E-state index contributed by atoms with van der Waals surface area (Å²) in [5.74, 6) is 0.284. The average Bonchev–Trinajstić information content (AvgIpc) is 2.29. The Kier molecular flexibility index (Phi) is 6.09. The van der Waals surface area contributed by atoms with E-state index in [1.165, 1.54) is 12.1 Å². The minimum absolute atomic E-state index is 0.288. The number of nitrogen functional groups attached to an aromatic ring is 1. The van der Waals surface area contributed by atoms with Crippen LogP contribution < -0.4 is 5.73 Å². The highest BCUT2D eigenvalue weighted by molar-refractivity contribution is 5.46. The highest BCUT2D eigenvalue weighted by atomic mass is 19.1. The Bertz CT molecular complexity index is 369. The summed E-state index contributed by atoms with van der Waals surface area (Å²) in [6.45, 7) is 7.59. The quantitative estimate of drug-likeness (QED) is 0.760. The van der Waals surface area contributed by atoms with E-state index in [4.69, 9.17) is 10.5 Å². The highest BCUT2D eigenvalue weighted by Gasteiger charge is 2.10. The van der Waals surface area contributed by atoms with Gasteiger partial charge in [0, 0.05) is 32.4 Å². The minimum Gasteiger partial charge on any atom is -0.398 e. The van der Waals surface area contributed by atoms with Crippen LogP contribution in [0.2, 0.25) is 0 Å². The second kappa shape index (κ2) is 7.34. The molecular formula is C14H23FN2O. The van der Waals surface area contributed by atoms with Gasteiger partial charge < -0.3 is 10.5 Å². The number of hydrogen-bond acceptors (Lipinski definition) is 3. The standard InChI is InChI=1S/C14H23FN2O/c1-11(2)9-17(6-7-18-3)10-12-4-5-13(15)8-14(12)16/h4-5,8,11H,6-7,9-10,16H2,1-3H3. The molecule has 0 heterocycles. The van der Waals surface area contributed by atoms with Gasteiger partial charge in [-0.2, -0.15) is 0 Å². The molecule has 0 aliphatic heterocycles. The van der Waals surface area contributed by atoms with E-state index in [2.05, 4.69) is 18.7 Å². The van der Waals surface area contributed by atoms with Crippen molar-refractivity contribution >= 4 is 5.69 Å². The van der Waals surface area contributed by atoms with Crippen LogP contribution in [0.5, 0.6) is 0 Å². The van der Waals surface area contributed by atoms with Crippen molar-refractivity contribution in [3.8, 4) is 0 Å². The van der Waals surface area contributed by atoms with Crippen molar-refractivity contribution in [1.29, 1.82) is 0 Å². The summed E-state index contributed by atoms with van der Waals surface area (Å²) in [7, 11) is 1.69. The van der Waals surface area contributed by atoms with Gasteiger partial charge >= 0.3 is 0 Å². The van der Waals surface area contributed by atoms with Gasteiger partial charge in [-0.15, -0.1) is 0 Å². The van der Waals surface area contributed by atoms with Crippen LogP contribution in [0.1, 0.15) is 19.4 Å². The van der Waals surface area contributed by atoms with E-state index in [1.54, 1.807) is 13.2 Å².